The van der Waals surface area contributed by atoms with E-state index >= 15 is 0 Å². The van der Waals surface area contributed by atoms with Crippen molar-refractivity contribution in [3.8, 4) is 12.1 Å². The molecule has 1 N–H and O–H groups in total. The Morgan fingerprint density at radius 1 is 1.20 bits per heavy atom. The molecule has 10 nitrogen and oxygen atoms in total. The number of hydrogen-bond donors (Lipinski definition) is 1. The highest BCUT2D eigenvalue weighted by molar-refractivity contribution is 5.94. The van der Waals surface area contributed by atoms with E-state index in [0.717, 1.165) is 45.8 Å². The monoisotopic (exact) mass is 609 g/mol. The number of aromatic nitrogens is 4. The Morgan fingerprint density at radius 3 is 2.75 bits per heavy atom. The van der Waals surface area contributed by atoms with Gasteiger partial charge in [-0.3, -0.25) is 10.00 Å². The Bertz CT molecular complexity index is 1610. The second-order valence-electron chi connectivity index (χ2n) is 12.3. The number of alkyl halides is 2. The van der Waals surface area contributed by atoms with Crippen molar-refractivity contribution in [2.24, 2.45) is 0 Å². The number of rotatable bonds is 7. The van der Waals surface area contributed by atoms with Crippen LogP contribution in [0.15, 0.2) is 24.3 Å². The van der Waals surface area contributed by atoms with Crippen molar-refractivity contribution in [1.82, 2.24) is 30.0 Å². The van der Waals surface area contributed by atoms with Crippen LogP contribution >= 0.6 is 0 Å². The number of halogens is 3. The summed E-state index contributed by atoms with van der Waals surface area (Å²) in [6, 6.07) is 3.82. The van der Waals surface area contributed by atoms with E-state index in [1.54, 1.807) is 11.9 Å². The SMILES string of the molecule is CC(F)=CN1CCN(c2nc(OC[C@@H]3CC(F)(F)CN3C)nc3c2CCN(c2c(C)c(C)cc4[nH]ncc24)C3)C[C@@H]1CC#N. The van der Waals surface area contributed by atoms with Crippen molar-refractivity contribution in [2.45, 2.75) is 64.6 Å². The molecule has 3 aromatic rings. The highest BCUT2D eigenvalue weighted by Gasteiger charge is 2.43. The van der Waals surface area contributed by atoms with E-state index in [0.29, 0.717) is 32.6 Å². The molecule has 234 valence electrons. The number of allylic oxidation sites excluding steroid dienone is 1. The molecule has 44 heavy (non-hydrogen) atoms. The van der Waals surface area contributed by atoms with E-state index in [1.165, 1.54) is 18.7 Å². The largest absolute Gasteiger partial charge is 0.462 e. The third-order valence-electron chi connectivity index (χ3n) is 9.11. The average Bonchev–Trinajstić information content (AvgIpc) is 3.54. The van der Waals surface area contributed by atoms with Crippen molar-refractivity contribution in [3.63, 3.8) is 0 Å². The van der Waals surface area contributed by atoms with Crippen molar-refractivity contribution in [1.29, 1.82) is 5.26 Å². The van der Waals surface area contributed by atoms with Crippen LogP contribution in [0.2, 0.25) is 0 Å². The van der Waals surface area contributed by atoms with Gasteiger partial charge < -0.3 is 19.4 Å². The van der Waals surface area contributed by atoms with Crippen molar-refractivity contribution < 1.29 is 17.9 Å². The number of likely N-dealkylation sites (N-methyl/N-ethyl adjacent to an activating group) is 1. The number of fused-ring (bicyclic) bond motifs is 2. The fourth-order valence-corrected chi connectivity index (χ4v) is 6.78. The highest BCUT2D eigenvalue weighted by Crippen LogP contribution is 2.38. The number of H-pyrrole nitrogens is 1. The number of aromatic amines is 1. The van der Waals surface area contributed by atoms with Gasteiger partial charge in [0.1, 0.15) is 18.3 Å². The Hall–Kier alpha value is -4.05. The van der Waals surface area contributed by atoms with Crippen LogP contribution in [-0.2, 0) is 13.0 Å². The molecule has 2 aromatic heterocycles. The summed E-state index contributed by atoms with van der Waals surface area (Å²) < 4.78 is 48.0. The van der Waals surface area contributed by atoms with Gasteiger partial charge in [-0.05, 0) is 51.4 Å². The first-order valence-electron chi connectivity index (χ1n) is 15.0. The maximum absolute atomic E-state index is 14.1. The van der Waals surface area contributed by atoms with Gasteiger partial charge in [0.25, 0.3) is 5.92 Å². The summed E-state index contributed by atoms with van der Waals surface area (Å²) in [6.45, 7) is 8.17. The molecular formula is C31H38F3N9O. The predicted molar refractivity (Wildman–Crippen MR) is 162 cm³/mol. The quantitative estimate of drug-likeness (QED) is 0.416. The first-order chi connectivity index (χ1) is 21.0. The highest BCUT2D eigenvalue weighted by atomic mass is 19.3. The van der Waals surface area contributed by atoms with Gasteiger partial charge in [0, 0.05) is 55.8 Å². The smallest absolute Gasteiger partial charge is 0.318 e. The molecule has 0 saturated carbocycles. The molecule has 0 bridgehead atoms. The lowest BCUT2D eigenvalue weighted by molar-refractivity contribution is 0.0136. The predicted octanol–water partition coefficient (Wildman–Crippen LogP) is 4.49. The Balaban J connectivity index is 1.34. The number of aryl methyl sites for hydroxylation is 1. The molecule has 2 atom stereocenters. The number of ether oxygens (including phenoxy) is 1. The second-order valence-corrected chi connectivity index (χ2v) is 12.3. The summed E-state index contributed by atoms with van der Waals surface area (Å²) >= 11 is 0. The molecule has 0 radical (unpaired) electrons. The Kier molecular flexibility index (Phi) is 8.04. The number of likely N-dealkylation sites (tertiary alicyclic amines) is 1. The molecule has 13 heteroatoms. The number of anilines is 2. The molecule has 3 aliphatic rings. The topological polar surface area (TPSA) is 100 Å². The molecule has 2 saturated heterocycles. The van der Waals surface area contributed by atoms with Crippen molar-refractivity contribution in [2.75, 3.05) is 56.2 Å². The molecule has 0 spiro atoms. The Labute approximate surface area is 255 Å². The molecule has 3 aliphatic heterocycles. The van der Waals surface area contributed by atoms with Crippen LogP contribution in [0.1, 0.15) is 42.1 Å². The number of nitrogens with zero attached hydrogens (tertiary/aromatic N) is 8. The minimum absolute atomic E-state index is 0.0477. The average molecular weight is 610 g/mol. The zero-order valence-corrected chi connectivity index (χ0v) is 25.6. The van der Waals surface area contributed by atoms with Crippen LogP contribution in [0.25, 0.3) is 10.9 Å². The summed E-state index contributed by atoms with van der Waals surface area (Å²) in [5.41, 5.74) is 6.23. The van der Waals surface area contributed by atoms with E-state index in [4.69, 9.17) is 14.7 Å². The van der Waals surface area contributed by atoms with Crippen LogP contribution in [-0.4, -0.2) is 94.3 Å². The van der Waals surface area contributed by atoms with E-state index in [1.807, 2.05) is 11.1 Å². The molecule has 0 aliphatic carbocycles. The molecule has 2 fully saturated rings. The second kappa shape index (κ2) is 11.8. The van der Waals surface area contributed by atoms with Crippen LogP contribution in [0.3, 0.4) is 0 Å². The summed E-state index contributed by atoms with van der Waals surface area (Å²) in [5.74, 6) is -2.33. The number of benzene rings is 1. The molecule has 6 rings (SSSR count). The van der Waals surface area contributed by atoms with Gasteiger partial charge in [-0.25, -0.2) is 13.2 Å². The van der Waals surface area contributed by atoms with Crippen molar-refractivity contribution >= 4 is 22.4 Å². The fourth-order valence-electron chi connectivity index (χ4n) is 6.78. The normalized spacial score (nSPS) is 22.4. The summed E-state index contributed by atoms with van der Waals surface area (Å²) in [5, 5.41) is 17.9. The molecule has 1 aromatic carbocycles. The van der Waals surface area contributed by atoms with Gasteiger partial charge in [0.05, 0.1) is 54.7 Å². The van der Waals surface area contributed by atoms with Crippen LogP contribution in [0.5, 0.6) is 6.01 Å². The molecule has 0 unspecified atom stereocenters. The van der Waals surface area contributed by atoms with Gasteiger partial charge in [-0.1, -0.05) is 0 Å². The van der Waals surface area contributed by atoms with E-state index in [2.05, 4.69) is 46.0 Å². The lowest BCUT2D eigenvalue weighted by Gasteiger charge is -2.42. The van der Waals surface area contributed by atoms with E-state index in [-0.39, 0.29) is 43.9 Å². The number of nitriles is 1. The third-order valence-corrected chi connectivity index (χ3v) is 9.11. The minimum atomic E-state index is -2.75. The van der Waals surface area contributed by atoms with Crippen molar-refractivity contribution in [3.05, 3.63) is 46.7 Å². The Morgan fingerprint density at radius 2 is 2.02 bits per heavy atom. The summed E-state index contributed by atoms with van der Waals surface area (Å²) in [7, 11) is 1.68. The van der Waals surface area contributed by atoms with Gasteiger partial charge in [0.2, 0.25) is 0 Å². The molecule has 0 amide bonds. The first kappa shape index (κ1) is 30.0. The van der Waals surface area contributed by atoms with Crippen LogP contribution in [0.4, 0.5) is 24.7 Å². The van der Waals surface area contributed by atoms with E-state index < -0.39 is 12.0 Å². The van der Waals surface area contributed by atoms with Gasteiger partial charge in [-0.2, -0.15) is 20.3 Å². The lowest BCUT2D eigenvalue weighted by Crippen LogP contribution is -2.51. The van der Waals surface area contributed by atoms with E-state index in [9.17, 15) is 18.4 Å². The van der Waals surface area contributed by atoms with Gasteiger partial charge in [0.15, 0.2) is 0 Å². The van der Waals surface area contributed by atoms with Crippen LogP contribution < -0.4 is 14.5 Å². The standard InChI is InChI=1S/C31H38F3N9O/c1-19-11-26-25(13-36-39-26)28(21(19)3)42-8-6-24-27(16-42)37-30(44-17-23-12-31(33,34)18-40(23)4)38-29(24)43-10-9-41(14-20(2)32)22(15-43)5-7-35/h11,13-14,22-23H,5-6,8-10,12,15-18H2,1-4H3,(H,36,39)/t22-,23-/m0/s1. The zero-order valence-electron chi connectivity index (χ0n) is 25.6. The number of hydrogen-bond acceptors (Lipinski definition) is 9. The molecular weight excluding hydrogens is 571 g/mol. The summed E-state index contributed by atoms with van der Waals surface area (Å²) in [4.78, 5) is 17.6. The maximum atomic E-state index is 14.1. The zero-order chi connectivity index (χ0) is 31.2. The molecule has 5 heterocycles. The number of piperazine rings is 1. The first-order valence-corrected chi connectivity index (χ1v) is 15.0. The van der Waals surface area contributed by atoms with Crippen LogP contribution in [0, 0.1) is 25.2 Å². The minimum Gasteiger partial charge on any atom is -0.462 e. The fraction of sp³-hybridized carbons (Fsp3) is 0.548. The van der Waals surface area contributed by atoms with Gasteiger partial charge >= 0.3 is 6.01 Å². The maximum Gasteiger partial charge on any atom is 0.318 e. The summed E-state index contributed by atoms with van der Waals surface area (Å²) in [6.07, 6.45) is 3.96. The lowest BCUT2D eigenvalue weighted by atomic mass is 9.99. The number of nitrogens with one attached hydrogen (secondary N) is 1. The third kappa shape index (κ3) is 5.87. The van der Waals surface area contributed by atoms with Gasteiger partial charge in [-0.15, -0.1) is 0 Å².